The fourth-order valence-corrected chi connectivity index (χ4v) is 1.83. The number of nitrogens with zero attached hydrogens (tertiary/aromatic N) is 3. The smallest absolute Gasteiger partial charge is 0.129 e. The third kappa shape index (κ3) is 2.76. The molecular formula is C11H14N4S. The van der Waals surface area contributed by atoms with Crippen LogP contribution in [0.5, 0.6) is 0 Å². The first-order chi connectivity index (χ1) is 7.75. The Bertz CT molecular complexity index is 439. The Labute approximate surface area is 98.8 Å². The lowest BCUT2D eigenvalue weighted by Crippen LogP contribution is -2.02. The number of hydrogen-bond donors (Lipinski definition) is 1. The first-order valence-electron chi connectivity index (χ1n) is 5.19. The standard InChI is InChI=1S/C11H14N4S/c1-8(2)10-3-11(15-6-14-10)13-5-9-4-12-7-16-9/h3-4,6-8H,5H2,1-2H3,(H,13,14,15). The predicted octanol–water partition coefficient (Wildman–Crippen LogP) is 2.67. The predicted molar refractivity (Wildman–Crippen MR) is 65.6 cm³/mol. The van der Waals surface area contributed by atoms with Crippen LogP contribution in [0.2, 0.25) is 0 Å². The maximum Gasteiger partial charge on any atom is 0.129 e. The van der Waals surface area contributed by atoms with Gasteiger partial charge >= 0.3 is 0 Å². The van der Waals surface area contributed by atoms with Gasteiger partial charge in [0.15, 0.2) is 0 Å². The minimum absolute atomic E-state index is 0.423. The molecule has 84 valence electrons. The van der Waals surface area contributed by atoms with Crippen molar-refractivity contribution in [3.05, 3.63) is 34.7 Å². The van der Waals surface area contributed by atoms with E-state index < -0.39 is 0 Å². The van der Waals surface area contributed by atoms with Crippen molar-refractivity contribution in [2.45, 2.75) is 26.3 Å². The van der Waals surface area contributed by atoms with Gasteiger partial charge < -0.3 is 5.32 Å². The van der Waals surface area contributed by atoms with Crippen molar-refractivity contribution < 1.29 is 0 Å². The molecule has 1 N–H and O–H groups in total. The summed E-state index contributed by atoms with van der Waals surface area (Å²) in [6, 6.07) is 1.99. The van der Waals surface area contributed by atoms with Crippen molar-refractivity contribution in [2.75, 3.05) is 5.32 Å². The van der Waals surface area contributed by atoms with Crippen LogP contribution in [0.25, 0.3) is 0 Å². The molecule has 2 rings (SSSR count). The summed E-state index contributed by atoms with van der Waals surface area (Å²) >= 11 is 1.64. The molecule has 2 aromatic rings. The third-order valence-corrected chi connectivity index (χ3v) is 2.99. The van der Waals surface area contributed by atoms with E-state index in [2.05, 4.69) is 34.1 Å². The summed E-state index contributed by atoms with van der Waals surface area (Å²) in [5.41, 5.74) is 2.89. The van der Waals surface area contributed by atoms with E-state index in [0.717, 1.165) is 18.1 Å². The molecule has 2 heterocycles. The van der Waals surface area contributed by atoms with E-state index in [1.807, 2.05) is 17.8 Å². The summed E-state index contributed by atoms with van der Waals surface area (Å²) in [6.45, 7) is 5.00. The Kier molecular flexibility index (Phi) is 3.46. The maximum absolute atomic E-state index is 4.22. The summed E-state index contributed by atoms with van der Waals surface area (Å²) in [5, 5.41) is 3.26. The second kappa shape index (κ2) is 5.03. The molecule has 0 radical (unpaired) electrons. The van der Waals surface area contributed by atoms with Crippen molar-refractivity contribution in [3.8, 4) is 0 Å². The Hall–Kier alpha value is -1.49. The largest absolute Gasteiger partial charge is 0.365 e. The van der Waals surface area contributed by atoms with Gasteiger partial charge in [-0.3, -0.25) is 4.98 Å². The Morgan fingerprint density at radius 3 is 2.94 bits per heavy atom. The van der Waals surface area contributed by atoms with Crippen LogP contribution in [0.15, 0.2) is 24.1 Å². The highest BCUT2D eigenvalue weighted by atomic mass is 32.1. The third-order valence-electron chi connectivity index (χ3n) is 2.21. The molecule has 0 spiro atoms. The Balaban J connectivity index is 2.01. The van der Waals surface area contributed by atoms with E-state index in [9.17, 15) is 0 Å². The highest BCUT2D eigenvalue weighted by Gasteiger charge is 2.03. The summed E-state index contributed by atoms with van der Waals surface area (Å²) in [5.74, 6) is 1.29. The van der Waals surface area contributed by atoms with Gasteiger partial charge in [0, 0.05) is 22.8 Å². The van der Waals surface area contributed by atoms with Crippen LogP contribution < -0.4 is 5.32 Å². The van der Waals surface area contributed by atoms with Crippen LogP contribution in [0.3, 0.4) is 0 Å². The van der Waals surface area contributed by atoms with E-state index in [0.29, 0.717) is 5.92 Å². The highest BCUT2D eigenvalue weighted by Crippen LogP contribution is 2.14. The second-order valence-electron chi connectivity index (χ2n) is 3.80. The topological polar surface area (TPSA) is 50.7 Å². The first kappa shape index (κ1) is 11.0. The summed E-state index contributed by atoms with van der Waals surface area (Å²) < 4.78 is 0. The van der Waals surface area contributed by atoms with Crippen molar-refractivity contribution in [3.63, 3.8) is 0 Å². The van der Waals surface area contributed by atoms with Gasteiger partial charge in [-0.15, -0.1) is 11.3 Å². The number of hydrogen-bond acceptors (Lipinski definition) is 5. The SMILES string of the molecule is CC(C)c1cc(NCc2cncs2)ncn1. The first-order valence-corrected chi connectivity index (χ1v) is 6.07. The number of rotatable bonds is 4. The quantitative estimate of drug-likeness (QED) is 0.883. The van der Waals surface area contributed by atoms with E-state index in [-0.39, 0.29) is 0 Å². The Morgan fingerprint density at radius 1 is 1.38 bits per heavy atom. The molecule has 0 unspecified atom stereocenters. The average Bonchev–Trinajstić information content (AvgIpc) is 2.79. The number of thiazole rings is 1. The van der Waals surface area contributed by atoms with Crippen LogP contribution in [-0.2, 0) is 6.54 Å². The lowest BCUT2D eigenvalue weighted by molar-refractivity contribution is 0.814. The summed E-state index contributed by atoms with van der Waals surface area (Å²) in [7, 11) is 0. The number of nitrogens with one attached hydrogen (secondary N) is 1. The van der Waals surface area contributed by atoms with Gasteiger partial charge in [-0.25, -0.2) is 9.97 Å². The van der Waals surface area contributed by atoms with Gasteiger partial charge in [0.1, 0.15) is 12.1 Å². The van der Waals surface area contributed by atoms with Crippen LogP contribution in [0, 0.1) is 0 Å². The molecule has 0 amide bonds. The van der Waals surface area contributed by atoms with Crippen molar-refractivity contribution in [2.24, 2.45) is 0 Å². The second-order valence-corrected chi connectivity index (χ2v) is 4.78. The molecule has 0 aliphatic rings. The zero-order chi connectivity index (χ0) is 11.4. The average molecular weight is 234 g/mol. The van der Waals surface area contributed by atoms with Gasteiger partial charge in [-0.05, 0) is 5.92 Å². The van der Waals surface area contributed by atoms with Crippen LogP contribution in [-0.4, -0.2) is 15.0 Å². The molecule has 0 saturated heterocycles. The molecule has 16 heavy (non-hydrogen) atoms. The van der Waals surface area contributed by atoms with Gasteiger partial charge in [0.25, 0.3) is 0 Å². The molecule has 0 aliphatic carbocycles. The lowest BCUT2D eigenvalue weighted by Gasteiger charge is -2.07. The zero-order valence-corrected chi connectivity index (χ0v) is 10.2. The zero-order valence-electron chi connectivity index (χ0n) is 9.34. The van der Waals surface area contributed by atoms with E-state index in [4.69, 9.17) is 0 Å². The number of anilines is 1. The monoisotopic (exact) mass is 234 g/mol. The van der Waals surface area contributed by atoms with Crippen molar-refractivity contribution in [1.82, 2.24) is 15.0 Å². The lowest BCUT2D eigenvalue weighted by atomic mass is 10.1. The van der Waals surface area contributed by atoms with Gasteiger partial charge in [-0.1, -0.05) is 13.8 Å². The molecule has 0 bridgehead atoms. The molecule has 4 nitrogen and oxygen atoms in total. The minimum Gasteiger partial charge on any atom is -0.365 e. The summed E-state index contributed by atoms with van der Waals surface area (Å²) in [4.78, 5) is 13.6. The minimum atomic E-state index is 0.423. The fraction of sp³-hybridized carbons (Fsp3) is 0.364. The molecule has 0 saturated carbocycles. The summed E-state index contributed by atoms with van der Waals surface area (Å²) in [6.07, 6.45) is 3.46. The van der Waals surface area contributed by atoms with Crippen molar-refractivity contribution in [1.29, 1.82) is 0 Å². The Morgan fingerprint density at radius 2 is 2.25 bits per heavy atom. The van der Waals surface area contributed by atoms with Gasteiger partial charge in [0.05, 0.1) is 12.1 Å². The van der Waals surface area contributed by atoms with Gasteiger partial charge in [-0.2, -0.15) is 0 Å². The molecular weight excluding hydrogens is 220 g/mol. The fourth-order valence-electron chi connectivity index (χ4n) is 1.29. The molecule has 0 aliphatic heterocycles. The molecule has 5 heteroatoms. The molecule has 0 atom stereocenters. The molecule has 0 aromatic carbocycles. The normalized spacial score (nSPS) is 10.7. The van der Waals surface area contributed by atoms with Crippen molar-refractivity contribution >= 4 is 17.2 Å². The maximum atomic E-state index is 4.22. The molecule has 2 aromatic heterocycles. The van der Waals surface area contributed by atoms with Crippen LogP contribution >= 0.6 is 11.3 Å². The van der Waals surface area contributed by atoms with E-state index in [1.54, 1.807) is 17.7 Å². The number of aromatic nitrogens is 3. The van der Waals surface area contributed by atoms with E-state index >= 15 is 0 Å². The van der Waals surface area contributed by atoms with E-state index in [1.165, 1.54) is 4.88 Å². The van der Waals surface area contributed by atoms with Crippen LogP contribution in [0.1, 0.15) is 30.3 Å². The van der Waals surface area contributed by atoms with Gasteiger partial charge in [0.2, 0.25) is 0 Å². The van der Waals surface area contributed by atoms with Crippen LogP contribution in [0.4, 0.5) is 5.82 Å². The molecule has 0 fully saturated rings. The highest BCUT2D eigenvalue weighted by molar-refractivity contribution is 7.09.